The third-order valence-corrected chi connectivity index (χ3v) is 5.02. The van der Waals surface area contributed by atoms with Crippen molar-refractivity contribution in [1.82, 2.24) is 4.90 Å². The van der Waals surface area contributed by atoms with Crippen LogP contribution in [0.25, 0.3) is 0 Å². The number of methoxy groups -OCH3 is 1. The summed E-state index contributed by atoms with van der Waals surface area (Å²) in [6, 6.07) is 0. The molecule has 0 aromatic rings. The maximum atomic E-state index is 6.07. The van der Waals surface area contributed by atoms with E-state index in [1.165, 1.54) is 63.6 Å². The molecule has 3 heteroatoms. The molecule has 2 N–H and O–H groups in total. The number of hydrogen-bond donors (Lipinski definition) is 1. The van der Waals surface area contributed by atoms with Crippen LogP contribution in [0.1, 0.15) is 44.9 Å². The largest absolute Gasteiger partial charge is 0.380 e. The molecule has 2 rings (SSSR count). The molecule has 0 spiro atoms. The summed E-state index contributed by atoms with van der Waals surface area (Å²) in [4.78, 5) is 2.57. The van der Waals surface area contributed by atoms with E-state index in [1.807, 2.05) is 0 Å². The highest BCUT2D eigenvalue weighted by atomic mass is 16.5. The number of hydrogen-bond acceptors (Lipinski definition) is 3. The van der Waals surface area contributed by atoms with Crippen LogP contribution in [-0.4, -0.2) is 44.8 Å². The minimum atomic E-state index is 0.453. The smallest absolute Gasteiger partial charge is 0.0673 e. The highest BCUT2D eigenvalue weighted by Gasteiger charge is 2.30. The molecular formula is C16H30N2O. The highest BCUT2D eigenvalue weighted by molar-refractivity contribution is 5.07. The van der Waals surface area contributed by atoms with Crippen molar-refractivity contribution < 1.29 is 4.74 Å². The van der Waals surface area contributed by atoms with Gasteiger partial charge in [0.25, 0.3) is 0 Å². The average Bonchev–Trinajstić information content (AvgIpc) is 2.48. The lowest BCUT2D eigenvalue weighted by atomic mass is 9.72. The average molecular weight is 266 g/mol. The molecule has 0 unspecified atom stereocenters. The predicted octanol–water partition coefficient (Wildman–Crippen LogP) is 2.56. The van der Waals surface area contributed by atoms with E-state index in [9.17, 15) is 0 Å². The standard InChI is InChI=1S/C16H30N2O/c1-19-13-15-5-10-18(11-6-15)12-9-16(14-17)7-3-2-4-8-16/h5H,2-4,6-14,17H2,1H3. The fourth-order valence-corrected chi connectivity index (χ4v) is 3.53. The lowest BCUT2D eigenvalue weighted by molar-refractivity contribution is 0.147. The van der Waals surface area contributed by atoms with E-state index in [2.05, 4.69) is 11.0 Å². The number of ether oxygens (including phenoxy) is 1. The Morgan fingerprint density at radius 1 is 1.32 bits per heavy atom. The fourth-order valence-electron chi connectivity index (χ4n) is 3.53. The van der Waals surface area contributed by atoms with Crippen LogP contribution in [0.4, 0.5) is 0 Å². The molecule has 0 aromatic heterocycles. The SMILES string of the molecule is COCC1=CCN(CCC2(CN)CCCCC2)CC1. The number of nitrogens with two attached hydrogens (primary N) is 1. The van der Waals surface area contributed by atoms with E-state index < -0.39 is 0 Å². The minimum absolute atomic E-state index is 0.453. The monoisotopic (exact) mass is 266 g/mol. The van der Waals surface area contributed by atoms with Crippen LogP contribution in [0, 0.1) is 5.41 Å². The van der Waals surface area contributed by atoms with Gasteiger partial charge in [0.2, 0.25) is 0 Å². The molecule has 0 radical (unpaired) electrons. The molecule has 1 fully saturated rings. The van der Waals surface area contributed by atoms with Gasteiger partial charge < -0.3 is 10.5 Å². The van der Waals surface area contributed by atoms with Gasteiger partial charge >= 0.3 is 0 Å². The molecular weight excluding hydrogens is 236 g/mol. The molecule has 0 aromatic carbocycles. The second-order valence-corrected chi connectivity index (χ2v) is 6.36. The van der Waals surface area contributed by atoms with E-state index in [-0.39, 0.29) is 0 Å². The van der Waals surface area contributed by atoms with Crippen LogP contribution < -0.4 is 5.73 Å². The molecule has 0 amide bonds. The number of nitrogens with zero attached hydrogens (tertiary/aromatic N) is 1. The summed E-state index contributed by atoms with van der Waals surface area (Å²) in [6.45, 7) is 5.19. The first kappa shape index (κ1) is 15.0. The van der Waals surface area contributed by atoms with Crippen molar-refractivity contribution in [2.75, 3.05) is 39.9 Å². The van der Waals surface area contributed by atoms with Gasteiger partial charge in [-0.3, -0.25) is 4.90 Å². The van der Waals surface area contributed by atoms with E-state index in [4.69, 9.17) is 10.5 Å². The Morgan fingerprint density at radius 2 is 2.11 bits per heavy atom. The van der Waals surface area contributed by atoms with Crippen LogP contribution in [0.3, 0.4) is 0 Å². The van der Waals surface area contributed by atoms with Crippen LogP contribution >= 0.6 is 0 Å². The summed E-state index contributed by atoms with van der Waals surface area (Å²) in [5.41, 5.74) is 7.98. The Balaban J connectivity index is 1.76. The summed E-state index contributed by atoms with van der Waals surface area (Å²) in [5.74, 6) is 0. The van der Waals surface area contributed by atoms with Gasteiger partial charge in [0.15, 0.2) is 0 Å². The molecule has 19 heavy (non-hydrogen) atoms. The van der Waals surface area contributed by atoms with Crippen molar-refractivity contribution in [2.24, 2.45) is 11.1 Å². The van der Waals surface area contributed by atoms with E-state index in [0.29, 0.717) is 5.41 Å². The zero-order chi connectivity index (χ0) is 13.6. The molecule has 1 aliphatic heterocycles. The van der Waals surface area contributed by atoms with Gasteiger partial charge in [0, 0.05) is 20.2 Å². The van der Waals surface area contributed by atoms with Crippen LogP contribution in [0.15, 0.2) is 11.6 Å². The zero-order valence-electron chi connectivity index (χ0n) is 12.5. The van der Waals surface area contributed by atoms with Crippen molar-refractivity contribution in [3.63, 3.8) is 0 Å². The lowest BCUT2D eigenvalue weighted by Crippen LogP contribution is -2.38. The maximum Gasteiger partial charge on any atom is 0.0673 e. The van der Waals surface area contributed by atoms with Crippen molar-refractivity contribution in [1.29, 1.82) is 0 Å². The molecule has 1 saturated carbocycles. The first-order chi connectivity index (χ1) is 9.28. The Hall–Kier alpha value is -0.380. The molecule has 0 saturated heterocycles. The second kappa shape index (κ2) is 7.41. The molecule has 0 atom stereocenters. The predicted molar refractivity (Wildman–Crippen MR) is 80.2 cm³/mol. The Labute approximate surface area is 118 Å². The van der Waals surface area contributed by atoms with Gasteiger partial charge in [0.05, 0.1) is 6.61 Å². The summed E-state index contributed by atoms with van der Waals surface area (Å²) in [6.07, 6.45) is 11.7. The first-order valence-corrected chi connectivity index (χ1v) is 7.87. The van der Waals surface area contributed by atoms with Crippen LogP contribution in [-0.2, 0) is 4.74 Å². The highest BCUT2D eigenvalue weighted by Crippen LogP contribution is 2.38. The zero-order valence-corrected chi connectivity index (χ0v) is 12.5. The molecule has 1 aliphatic carbocycles. The van der Waals surface area contributed by atoms with Crippen molar-refractivity contribution >= 4 is 0 Å². The van der Waals surface area contributed by atoms with E-state index >= 15 is 0 Å². The fraction of sp³-hybridized carbons (Fsp3) is 0.875. The Kier molecular flexibility index (Phi) is 5.86. The summed E-state index contributed by atoms with van der Waals surface area (Å²) in [7, 11) is 1.78. The summed E-state index contributed by atoms with van der Waals surface area (Å²) < 4.78 is 5.20. The van der Waals surface area contributed by atoms with Crippen molar-refractivity contribution in [3.8, 4) is 0 Å². The summed E-state index contributed by atoms with van der Waals surface area (Å²) >= 11 is 0. The number of rotatable bonds is 6. The molecule has 3 nitrogen and oxygen atoms in total. The summed E-state index contributed by atoms with van der Waals surface area (Å²) in [5, 5.41) is 0. The molecule has 2 aliphatic rings. The van der Waals surface area contributed by atoms with E-state index in [1.54, 1.807) is 7.11 Å². The van der Waals surface area contributed by atoms with Crippen LogP contribution in [0.2, 0.25) is 0 Å². The minimum Gasteiger partial charge on any atom is -0.380 e. The normalized spacial score (nSPS) is 24.2. The van der Waals surface area contributed by atoms with Crippen LogP contribution in [0.5, 0.6) is 0 Å². The molecule has 0 bridgehead atoms. The lowest BCUT2D eigenvalue weighted by Gasteiger charge is -2.38. The van der Waals surface area contributed by atoms with E-state index in [0.717, 1.165) is 19.7 Å². The third-order valence-electron chi connectivity index (χ3n) is 5.02. The van der Waals surface area contributed by atoms with Gasteiger partial charge in [-0.25, -0.2) is 0 Å². The first-order valence-electron chi connectivity index (χ1n) is 7.87. The van der Waals surface area contributed by atoms with Gasteiger partial charge in [-0.05, 0) is 49.8 Å². The Bertz CT molecular complexity index is 295. The molecule has 110 valence electrons. The second-order valence-electron chi connectivity index (χ2n) is 6.36. The molecule has 1 heterocycles. The van der Waals surface area contributed by atoms with Crippen molar-refractivity contribution in [3.05, 3.63) is 11.6 Å². The van der Waals surface area contributed by atoms with Crippen molar-refractivity contribution in [2.45, 2.75) is 44.9 Å². The quantitative estimate of drug-likeness (QED) is 0.751. The third kappa shape index (κ3) is 4.30. The van der Waals surface area contributed by atoms with Gasteiger partial charge in [-0.2, -0.15) is 0 Å². The topological polar surface area (TPSA) is 38.5 Å². The Morgan fingerprint density at radius 3 is 2.68 bits per heavy atom. The maximum absolute atomic E-state index is 6.07. The van der Waals surface area contributed by atoms with Gasteiger partial charge in [-0.1, -0.05) is 25.3 Å². The van der Waals surface area contributed by atoms with Gasteiger partial charge in [0.1, 0.15) is 0 Å². The van der Waals surface area contributed by atoms with Gasteiger partial charge in [-0.15, -0.1) is 0 Å².